The summed E-state index contributed by atoms with van der Waals surface area (Å²) in [6, 6.07) is -0.346. The van der Waals surface area contributed by atoms with E-state index in [2.05, 4.69) is 29.4 Å². The Kier molecular flexibility index (Phi) is 6.23. The maximum Gasteiger partial charge on any atom is 0.315 e. The molecule has 6 nitrogen and oxygen atoms in total. The summed E-state index contributed by atoms with van der Waals surface area (Å²) in [4.78, 5) is 25.4. The van der Waals surface area contributed by atoms with Crippen LogP contribution in [-0.4, -0.2) is 54.7 Å². The molecule has 2 amide bonds. The predicted octanol–water partition coefficient (Wildman–Crippen LogP) is 1.76. The van der Waals surface area contributed by atoms with Gasteiger partial charge in [-0.25, -0.2) is 4.79 Å². The van der Waals surface area contributed by atoms with Crippen LogP contribution in [0.5, 0.6) is 0 Å². The quantitative estimate of drug-likeness (QED) is 0.669. The first-order valence-corrected chi connectivity index (χ1v) is 7.15. The van der Waals surface area contributed by atoms with Crippen molar-refractivity contribution in [3.63, 3.8) is 0 Å². The van der Waals surface area contributed by atoms with Crippen molar-refractivity contribution in [2.45, 2.75) is 47.1 Å². The van der Waals surface area contributed by atoms with Crippen LogP contribution >= 0.6 is 0 Å². The molecule has 0 aliphatic heterocycles. The molecule has 0 saturated carbocycles. The maximum atomic E-state index is 12.0. The van der Waals surface area contributed by atoms with Gasteiger partial charge in [-0.3, -0.25) is 4.79 Å². The zero-order valence-corrected chi connectivity index (χ0v) is 14.6. The third kappa shape index (κ3) is 5.91. The Morgan fingerprint density at radius 3 is 1.90 bits per heavy atom. The zero-order valence-electron chi connectivity index (χ0n) is 14.6. The number of carboxylic acids is 1. The average molecular weight is 301 g/mol. The highest BCUT2D eigenvalue weighted by Crippen LogP contribution is 2.30. The van der Waals surface area contributed by atoms with Gasteiger partial charge in [0.2, 0.25) is 0 Å². The normalized spacial score (nSPS) is 13.2. The molecule has 0 rings (SSSR count). The standard InChI is InChI=1S/C15H31N3O3/c1-13(2,10-18(7)8)9-16-12(21)17-15(5,6)14(3,4)11(19)20/h9-10H2,1-8H3,(H,19,20)(H2,16,17,21). The van der Waals surface area contributed by atoms with E-state index in [1.54, 1.807) is 27.7 Å². The molecular weight excluding hydrogens is 270 g/mol. The lowest BCUT2D eigenvalue weighted by atomic mass is 9.74. The highest BCUT2D eigenvalue weighted by atomic mass is 16.4. The van der Waals surface area contributed by atoms with E-state index in [-0.39, 0.29) is 11.4 Å². The largest absolute Gasteiger partial charge is 0.481 e. The minimum absolute atomic E-state index is 0.0622. The molecule has 21 heavy (non-hydrogen) atoms. The van der Waals surface area contributed by atoms with E-state index in [9.17, 15) is 14.7 Å². The lowest BCUT2D eigenvalue weighted by molar-refractivity contribution is -0.150. The Morgan fingerprint density at radius 2 is 1.52 bits per heavy atom. The van der Waals surface area contributed by atoms with Gasteiger partial charge < -0.3 is 20.6 Å². The van der Waals surface area contributed by atoms with Gasteiger partial charge in [0.05, 0.1) is 11.0 Å². The van der Waals surface area contributed by atoms with Gasteiger partial charge >= 0.3 is 12.0 Å². The minimum atomic E-state index is -1.07. The number of amides is 2. The van der Waals surface area contributed by atoms with E-state index in [1.807, 2.05) is 14.1 Å². The van der Waals surface area contributed by atoms with Crippen LogP contribution in [0.3, 0.4) is 0 Å². The summed E-state index contributed by atoms with van der Waals surface area (Å²) in [5.74, 6) is -0.944. The molecule has 0 radical (unpaired) electrons. The van der Waals surface area contributed by atoms with Gasteiger partial charge in [-0.15, -0.1) is 0 Å². The number of aliphatic carboxylic acids is 1. The number of nitrogens with one attached hydrogen (secondary N) is 2. The molecule has 6 heteroatoms. The fourth-order valence-electron chi connectivity index (χ4n) is 1.98. The van der Waals surface area contributed by atoms with Gasteiger partial charge in [0.1, 0.15) is 0 Å². The number of hydrogen-bond donors (Lipinski definition) is 3. The smallest absolute Gasteiger partial charge is 0.315 e. The summed E-state index contributed by atoms with van der Waals surface area (Å²) in [6.45, 7) is 12.1. The second-order valence-electron chi connectivity index (χ2n) is 7.76. The number of carbonyl (C=O) groups excluding carboxylic acids is 1. The van der Waals surface area contributed by atoms with Crippen LogP contribution < -0.4 is 10.6 Å². The Bertz CT molecular complexity index is 388. The molecule has 0 heterocycles. The second-order valence-corrected chi connectivity index (χ2v) is 7.76. The van der Waals surface area contributed by atoms with Crippen molar-refractivity contribution in [2.75, 3.05) is 27.2 Å². The first-order chi connectivity index (χ1) is 9.21. The van der Waals surface area contributed by atoms with Crippen LogP contribution in [0.2, 0.25) is 0 Å². The third-order valence-corrected chi connectivity index (χ3v) is 3.99. The fraction of sp³-hybridized carbons (Fsp3) is 0.867. The Morgan fingerprint density at radius 1 is 1.05 bits per heavy atom. The van der Waals surface area contributed by atoms with Gasteiger partial charge in [-0.05, 0) is 47.2 Å². The van der Waals surface area contributed by atoms with Crippen LogP contribution in [0.15, 0.2) is 0 Å². The molecule has 3 N–H and O–H groups in total. The van der Waals surface area contributed by atoms with Crippen LogP contribution in [0.4, 0.5) is 4.79 Å². The van der Waals surface area contributed by atoms with Crippen LogP contribution in [0.1, 0.15) is 41.5 Å². The summed E-state index contributed by atoms with van der Waals surface area (Å²) >= 11 is 0. The lowest BCUT2D eigenvalue weighted by Crippen LogP contribution is -2.59. The predicted molar refractivity (Wildman–Crippen MR) is 84.4 cm³/mol. The highest BCUT2D eigenvalue weighted by Gasteiger charge is 2.44. The van der Waals surface area contributed by atoms with E-state index >= 15 is 0 Å². The molecule has 0 atom stereocenters. The molecule has 0 aliphatic carbocycles. The third-order valence-electron chi connectivity index (χ3n) is 3.99. The van der Waals surface area contributed by atoms with Gasteiger partial charge in [0.25, 0.3) is 0 Å². The molecule has 0 spiro atoms. The SMILES string of the molecule is CN(C)CC(C)(C)CNC(=O)NC(C)(C)C(C)(C)C(=O)O. The molecule has 124 valence electrons. The summed E-state index contributed by atoms with van der Waals surface area (Å²) in [7, 11) is 3.97. The van der Waals surface area contributed by atoms with Crippen molar-refractivity contribution in [1.29, 1.82) is 0 Å². The number of urea groups is 1. The first kappa shape index (κ1) is 19.7. The number of carboxylic acid groups (broad SMARTS) is 1. The van der Waals surface area contributed by atoms with Crippen molar-refractivity contribution in [2.24, 2.45) is 10.8 Å². The maximum absolute atomic E-state index is 12.0. The molecule has 0 aromatic rings. The first-order valence-electron chi connectivity index (χ1n) is 7.15. The number of carbonyl (C=O) groups is 2. The van der Waals surface area contributed by atoms with Crippen LogP contribution in [0.25, 0.3) is 0 Å². The van der Waals surface area contributed by atoms with Gasteiger partial charge in [-0.2, -0.15) is 0 Å². The van der Waals surface area contributed by atoms with Gasteiger partial charge in [-0.1, -0.05) is 13.8 Å². The van der Waals surface area contributed by atoms with E-state index in [4.69, 9.17) is 0 Å². The van der Waals surface area contributed by atoms with Crippen molar-refractivity contribution < 1.29 is 14.7 Å². The average Bonchev–Trinajstić information content (AvgIpc) is 2.23. The Labute approximate surface area is 128 Å². The van der Waals surface area contributed by atoms with E-state index < -0.39 is 16.9 Å². The molecule has 0 aliphatic rings. The Hall–Kier alpha value is -1.30. The summed E-state index contributed by atoms with van der Waals surface area (Å²) in [6.07, 6.45) is 0. The Balaban J connectivity index is 4.61. The molecule has 0 bridgehead atoms. The lowest BCUT2D eigenvalue weighted by Gasteiger charge is -2.39. The monoisotopic (exact) mass is 301 g/mol. The topological polar surface area (TPSA) is 81.7 Å². The van der Waals surface area contributed by atoms with Crippen molar-refractivity contribution in [3.05, 3.63) is 0 Å². The van der Waals surface area contributed by atoms with Gasteiger partial charge in [0, 0.05) is 13.1 Å². The van der Waals surface area contributed by atoms with Crippen LogP contribution in [-0.2, 0) is 4.79 Å². The molecule has 0 saturated heterocycles. The van der Waals surface area contributed by atoms with Crippen molar-refractivity contribution in [1.82, 2.24) is 15.5 Å². The summed E-state index contributed by atoms with van der Waals surface area (Å²) < 4.78 is 0. The minimum Gasteiger partial charge on any atom is -0.481 e. The van der Waals surface area contributed by atoms with E-state index in [1.165, 1.54) is 0 Å². The van der Waals surface area contributed by atoms with Crippen molar-refractivity contribution >= 4 is 12.0 Å². The van der Waals surface area contributed by atoms with E-state index in [0.717, 1.165) is 6.54 Å². The second kappa shape index (κ2) is 6.64. The van der Waals surface area contributed by atoms with Crippen LogP contribution in [0, 0.1) is 10.8 Å². The summed E-state index contributed by atoms with van der Waals surface area (Å²) in [5, 5.41) is 14.9. The molecule has 0 aromatic heterocycles. The summed E-state index contributed by atoms with van der Waals surface area (Å²) in [5.41, 5.74) is -1.99. The number of rotatable bonds is 7. The zero-order chi connectivity index (χ0) is 17.1. The van der Waals surface area contributed by atoms with Crippen molar-refractivity contribution in [3.8, 4) is 0 Å². The number of hydrogen-bond acceptors (Lipinski definition) is 3. The molecule has 0 aromatic carbocycles. The van der Waals surface area contributed by atoms with Gasteiger partial charge in [0.15, 0.2) is 0 Å². The molecular formula is C15H31N3O3. The molecule has 0 fully saturated rings. The highest BCUT2D eigenvalue weighted by molar-refractivity contribution is 5.79. The molecule has 0 unspecified atom stereocenters. The number of nitrogens with zero attached hydrogens (tertiary/aromatic N) is 1. The fourth-order valence-corrected chi connectivity index (χ4v) is 1.98. The van der Waals surface area contributed by atoms with E-state index in [0.29, 0.717) is 6.54 Å².